The molecule has 0 aliphatic carbocycles. The number of benzene rings is 1. The van der Waals surface area contributed by atoms with Crippen molar-refractivity contribution in [3.05, 3.63) is 53.0 Å². The Morgan fingerprint density at radius 2 is 1.83 bits per heavy atom. The van der Waals surface area contributed by atoms with Gasteiger partial charge in [0.15, 0.2) is 11.5 Å². The van der Waals surface area contributed by atoms with Crippen molar-refractivity contribution in [3.63, 3.8) is 0 Å². The zero-order valence-corrected chi connectivity index (χ0v) is 17.5. The Bertz CT molecular complexity index is 928. The molecule has 1 N–H and O–H groups in total. The van der Waals surface area contributed by atoms with Gasteiger partial charge in [-0.1, -0.05) is 11.6 Å². The summed E-state index contributed by atoms with van der Waals surface area (Å²) in [5.41, 5.74) is 1.83. The van der Waals surface area contributed by atoms with Crippen LogP contribution in [0.2, 0.25) is 5.02 Å². The Labute approximate surface area is 181 Å². The molecule has 1 aromatic heterocycles. The highest BCUT2D eigenvalue weighted by atomic mass is 35.5. The van der Waals surface area contributed by atoms with E-state index in [0.717, 1.165) is 63.4 Å². The van der Waals surface area contributed by atoms with Gasteiger partial charge in [-0.2, -0.15) is 5.26 Å². The smallest absolute Gasteiger partial charge is 0.272 e. The summed E-state index contributed by atoms with van der Waals surface area (Å²) in [6.45, 7) is 3.51. The molecule has 0 spiro atoms. The summed E-state index contributed by atoms with van der Waals surface area (Å²) in [5.74, 6) is 0.648. The lowest BCUT2D eigenvalue weighted by Crippen LogP contribution is -2.45. The Morgan fingerprint density at radius 1 is 1.07 bits per heavy atom. The van der Waals surface area contributed by atoms with Crippen LogP contribution in [0, 0.1) is 17.8 Å². The van der Waals surface area contributed by atoms with E-state index in [1.54, 1.807) is 12.1 Å². The molecule has 1 radical (unpaired) electrons. The molecule has 7 nitrogen and oxygen atoms in total. The highest BCUT2D eigenvalue weighted by molar-refractivity contribution is 6.32. The molecule has 2 aliphatic rings. The molecule has 2 aliphatic heterocycles. The maximum Gasteiger partial charge on any atom is 0.272 e. The number of carbonyl (C=O) groups excluding carboxylic acids is 1. The average Bonchev–Trinajstić information content (AvgIpc) is 2.80. The molecular formula is C22H24ClN6O. The first-order valence-electron chi connectivity index (χ1n) is 10.3. The molecule has 155 valence electrons. The minimum atomic E-state index is -0.180. The molecule has 2 aromatic rings. The lowest BCUT2D eigenvalue weighted by Gasteiger charge is -2.34. The van der Waals surface area contributed by atoms with E-state index in [1.165, 1.54) is 0 Å². The first-order chi connectivity index (χ1) is 14.6. The van der Waals surface area contributed by atoms with Crippen molar-refractivity contribution in [2.75, 3.05) is 36.0 Å². The third-order valence-electron chi connectivity index (χ3n) is 5.68. The van der Waals surface area contributed by atoms with Crippen LogP contribution < -0.4 is 15.1 Å². The third kappa shape index (κ3) is 4.65. The minimum absolute atomic E-state index is 0.0988. The predicted octanol–water partition coefficient (Wildman–Crippen LogP) is 3.20. The van der Waals surface area contributed by atoms with Crippen molar-refractivity contribution in [3.8, 4) is 6.07 Å². The monoisotopic (exact) mass is 423 g/mol. The van der Waals surface area contributed by atoms with Crippen molar-refractivity contribution in [1.82, 2.24) is 15.5 Å². The lowest BCUT2D eigenvalue weighted by atomic mass is 10.0. The molecule has 2 fully saturated rings. The van der Waals surface area contributed by atoms with Gasteiger partial charge < -0.3 is 15.1 Å². The van der Waals surface area contributed by atoms with E-state index in [1.807, 2.05) is 18.2 Å². The minimum Gasteiger partial charge on any atom is -0.371 e. The quantitative estimate of drug-likeness (QED) is 0.812. The number of hydrogen-bond donors (Lipinski definition) is 1. The zero-order chi connectivity index (χ0) is 20.9. The standard InChI is InChI=1S/C22H24ClN6O/c23-19-14-18(5-4-16(19)15-24)28-12-8-17(9-13-28)25-22(30)20-6-7-21(27-26-20)29-10-2-1-3-11-29/h1,4-7,14,17H,2-3,8-13H2,(H,25,30). The number of nitrogens with one attached hydrogen (secondary N) is 1. The average molecular weight is 424 g/mol. The summed E-state index contributed by atoms with van der Waals surface area (Å²) >= 11 is 6.15. The van der Waals surface area contributed by atoms with E-state index >= 15 is 0 Å². The van der Waals surface area contributed by atoms with Crippen LogP contribution in [0.5, 0.6) is 0 Å². The van der Waals surface area contributed by atoms with Gasteiger partial charge in [0.25, 0.3) is 5.91 Å². The number of halogens is 1. The molecule has 8 heteroatoms. The van der Waals surface area contributed by atoms with Gasteiger partial charge in [0.2, 0.25) is 0 Å². The van der Waals surface area contributed by atoms with Crippen molar-refractivity contribution in [1.29, 1.82) is 5.26 Å². The van der Waals surface area contributed by atoms with Gasteiger partial charge in [-0.15, -0.1) is 10.2 Å². The van der Waals surface area contributed by atoms with Gasteiger partial charge in [0.05, 0.1) is 10.6 Å². The number of carbonyl (C=O) groups is 1. The SMILES string of the molecule is N#Cc1ccc(N2CCC(NC(=O)c3ccc(N4CC[CH]CC4)nn3)CC2)cc1Cl. The Morgan fingerprint density at radius 3 is 2.47 bits per heavy atom. The number of anilines is 2. The fourth-order valence-electron chi connectivity index (χ4n) is 3.93. The van der Waals surface area contributed by atoms with Crippen molar-refractivity contribution < 1.29 is 4.79 Å². The second kappa shape index (κ2) is 9.31. The molecule has 3 heterocycles. The van der Waals surface area contributed by atoms with Gasteiger partial charge in [-0.25, -0.2) is 0 Å². The highest BCUT2D eigenvalue weighted by Crippen LogP contribution is 2.26. The molecule has 0 bridgehead atoms. The number of rotatable bonds is 4. The molecule has 2 saturated heterocycles. The van der Waals surface area contributed by atoms with Gasteiger partial charge in [-0.3, -0.25) is 4.79 Å². The van der Waals surface area contributed by atoms with Crippen molar-refractivity contribution in [2.24, 2.45) is 0 Å². The van der Waals surface area contributed by atoms with Gasteiger partial charge >= 0.3 is 0 Å². The van der Waals surface area contributed by atoms with Gasteiger partial charge in [-0.05, 0) is 62.4 Å². The predicted molar refractivity (Wildman–Crippen MR) is 117 cm³/mol. The molecule has 0 saturated carbocycles. The summed E-state index contributed by atoms with van der Waals surface area (Å²) < 4.78 is 0. The van der Waals surface area contributed by atoms with E-state index in [4.69, 9.17) is 16.9 Å². The number of hydrogen-bond acceptors (Lipinski definition) is 6. The highest BCUT2D eigenvalue weighted by Gasteiger charge is 2.23. The molecule has 1 aromatic carbocycles. The zero-order valence-electron chi connectivity index (χ0n) is 16.7. The van der Waals surface area contributed by atoms with E-state index in [-0.39, 0.29) is 11.9 Å². The maximum absolute atomic E-state index is 12.6. The molecule has 4 rings (SSSR count). The fraction of sp³-hybridized carbons (Fsp3) is 0.409. The van der Waals surface area contributed by atoms with Crippen LogP contribution in [0.25, 0.3) is 0 Å². The largest absolute Gasteiger partial charge is 0.371 e. The fourth-order valence-corrected chi connectivity index (χ4v) is 4.14. The van der Waals surface area contributed by atoms with Crippen LogP contribution in [-0.2, 0) is 0 Å². The normalized spacial score (nSPS) is 17.5. The molecular weight excluding hydrogens is 400 g/mol. The maximum atomic E-state index is 12.6. The van der Waals surface area contributed by atoms with Crippen LogP contribution in [-0.4, -0.2) is 48.3 Å². The summed E-state index contributed by atoms with van der Waals surface area (Å²) in [4.78, 5) is 17.0. The summed E-state index contributed by atoms with van der Waals surface area (Å²) in [6.07, 6.45) is 6.06. The van der Waals surface area contributed by atoms with Crippen LogP contribution in [0.1, 0.15) is 41.7 Å². The molecule has 30 heavy (non-hydrogen) atoms. The number of nitrogens with zero attached hydrogens (tertiary/aromatic N) is 5. The Kier molecular flexibility index (Phi) is 6.34. The second-order valence-corrected chi connectivity index (χ2v) is 8.05. The van der Waals surface area contributed by atoms with Gasteiger partial charge in [0, 0.05) is 37.9 Å². The van der Waals surface area contributed by atoms with E-state index < -0.39 is 0 Å². The first kappa shape index (κ1) is 20.4. The summed E-state index contributed by atoms with van der Waals surface area (Å²) in [7, 11) is 0. The first-order valence-corrected chi connectivity index (χ1v) is 10.7. The van der Waals surface area contributed by atoms with E-state index in [9.17, 15) is 4.79 Å². The lowest BCUT2D eigenvalue weighted by molar-refractivity contribution is 0.0925. The van der Waals surface area contributed by atoms with Crippen LogP contribution in [0.3, 0.4) is 0 Å². The van der Waals surface area contributed by atoms with E-state index in [0.29, 0.717) is 16.3 Å². The van der Waals surface area contributed by atoms with Gasteiger partial charge in [0.1, 0.15) is 6.07 Å². The topological polar surface area (TPSA) is 85.2 Å². The number of aromatic nitrogens is 2. The van der Waals surface area contributed by atoms with Crippen LogP contribution in [0.4, 0.5) is 11.5 Å². The Balaban J connectivity index is 1.30. The second-order valence-electron chi connectivity index (χ2n) is 7.64. The Hall–Kier alpha value is -2.85. The third-order valence-corrected chi connectivity index (χ3v) is 5.99. The van der Waals surface area contributed by atoms with Crippen molar-refractivity contribution in [2.45, 2.75) is 31.7 Å². The van der Waals surface area contributed by atoms with E-state index in [2.05, 4.69) is 37.8 Å². The van der Waals surface area contributed by atoms with Crippen molar-refractivity contribution >= 4 is 29.0 Å². The number of piperidine rings is 2. The number of nitriles is 1. The molecule has 0 atom stereocenters. The molecule has 0 unspecified atom stereocenters. The summed E-state index contributed by atoms with van der Waals surface area (Å²) in [5, 5.41) is 21.0. The molecule has 1 amide bonds. The summed E-state index contributed by atoms with van der Waals surface area (Å²) in [6, 6.07) is 11.3. The van der Waals surface area contributed by atoms with Crippen LogP contribution in [0.15, 0.2) is 30.3 Å². The number of amides is 1. The van der Waals surface area contributed by atoms with Crippen LogP contribution >= 0.6 is 11.6 Å².